The van der Waals surface area contributed by atoms with Crippen LogP contribution in [0.5, 0.6) is 0 Å². The highest BCUT2D eigenvalue weighted by atomic mass is 16.3. The molecule has 0 radical (unpaired) electrons. The van der Waals surface area contributed by atoms with Gasteiger partial charge in [-0.05, 0) is 18.3 Å². The van der Waals surface area contributed by atoms with E-state index in [4.69, 9.17) is 0 Å². The quantitative estimate of drug-likeness (QED) is 0.506. The van der Waals surface area contributed by atoms with E-state index in [2.05, 4.69) is 12.2 Å². The van der Waals surface area contributed by atoms with Gasteiger partial charge in [0.05, 0.1) is 0 Å². The van der Waals surface area contributed by atoms with Crippen molar-refractivity contribution in [1.29, 1.82) is 0 Å². The van der Waals surface area contributed by atoms with Crippen LogP contribution in [0.25, 0.3) is 0 Å². The van der Waals surface area contributed by atoms with Gasteiger partial charge in [-0.25, -0.2) is 0 Å². The Bertz CT molecular complexity index is 256. The highest BCUT2D eigenvalue weighted by molar-refractivity contribution is 5.93. The van der Waals surface area contributed by atoms with E-state index in [1.165, 1.54) is 0 Å². The molecule has 3 aliphatic carbocycles. The summed E-state index contributed by atoms with van der Waals surface area (Å²) in [6.45, 7) is 0. The second kappa shape index (κ2) is 1.58. The van der Waals surface area contributed by atoms with Gasteiger partial charge in [0.15, 0.2) is 5.78 Å². The Morgan fingerprint density at radius 2 is 2.09 bits per heavy atom. The molecule has 5 atom stereocenters. The van der Waals surface area contributed by atoms with Gasteiger partial charge in [0.25, 0.3) is 0 Å². The molecule has 3 aliphatic rings. The molecule has 0 aliphatic heterocycles. The van der Waals surface area contributed by atoms with Crippen molar-refractivity contribution in [3.63, 3.8) is 0 Å². The molecule has 0 unspecified atom stereocenters. The van der Waals surface area contributed by atoms with E-state index in [9.17, 15) is 9.90 Å². The molecule has 2 fully saturated rings. The third kappa shape index (κ3) is 0.486. The molecular formula is C9H10O2. The summed E-state index contributed by atoms with van der Waals surface area (Å²) in [5.74, 6) is 1.56. The lowest BCUT2D eigenvalue weighted by molar-refractivity contribution is -0.153. The molecule has 0 heterocycles. The first-order valence-electron chi connectivity index (χ1n) is 4.19. The summed E-state index contributed by atoms with van der Waals surface area (Å²) in [6, 6.07) is 0. The van der Waals surface area contributed by atoms with Gasteiger partial charge in [-0.1, -0.05) is 12.2 Å². The molecule has 0 spiro atoms. The maximum absolute atomic E-state index is 11.1. The summed E-state index contributed by atoms with van der Waals surface area (Å²) >= 11 is 0. The number of ketones is 1. The van der Waals surface area contributed by atoms with Crippen molar-refractivity contribution >= 4 is 5.78 Å². The Kier molecular flexibility index (Phi) is 0.856. The monoisotopic (exact) mass is 150 g/mol. The van der Waals surface area contributed by atoms with Gasteiger partial charge in [-0.15, -0.1) is 0 Å². The lowest BCUT2D eigenvalue weighted by atomic mass is 9.65. The third-order valence-corrected chi connectivity index (χ3v) is 3.50. The molecule has 0 aromatic carbocycles. The van der Waals surface area contributed by atoms with E-state index in [1.54, 1.807) is 0 Å². The molecule has 2 bridgehead atoms. The van der Waals surface area contributed by atoms with E-state index < -0.39 is 6.10 Å². The average molecular weight is 150 g/mol. The van der Waals surface area contributed by atoms with Crippen LogP contribution in [0.2, 0.25) is 0 Å². The van der Waals surface area contributed by atoms with Crippen LogP contribution in [0.15, 0.2) is 12.2 Å². The molecule has 0 saturated heterocycles. The Morgan fingerprint density at radius 3 is 2.82 bits per heavy atom. The third-order valence-electron chi connectivity index (χ3n) is 3.50. The van der Waals surface area contributed by atoms with E-state index in [1.807, 2.05) is 0 Å². The van der Waals surface area contributed by atoms with E-state index >= 15 is 0 Å². The second-order valence-electron chi connectivity index (χ2n) is 3.90. The summed E-state index contributed by atoms with van der Waals surface area (Å²) in [6.07, 6.45) is 4.80. The van der Waals surface area contributed by atoms with Gasteiger partial charge < -0.3 is 5.11 Å². The first kappa shape index (κ1) is 5.95. The fourth-order valence-corrected chi connectivity index (χ4v) is 2.96. The second-order valence-corrected chi connectivity index (χ2v) is 3.90. The number of hydrogen-bond donors (Lipinski definition) is 1. The number of aliphatic hydroxyl groups is 1. The number of aliphatic hydroxyl groups excluding tert-OH is 1. The number of fused-ring (bicyclic) bond motifs is 5. The Balaban J connectivity index is 2.01. The fourth-order valence-electron chi connectivity index (χ4n) is 2.96. The first-order chi connectivity index (χ1) is 5.29. The van der Waals surface area contributed by atoms with Crippen LogP contribution in [-0.4, -0.2) is 17.0 Å². The van der Waals surface area contributed by atoms with Crippen LogP contribution in [0.3, 0.4) is 0 Å². The first-order valence-corrected chi connectivity index (χ1v) is 4.19. The lowest BCUT2D eigenvalue weighted by Gasteiger charge is -2.40. The van der Waals surface area contributed by atoms with Crippen molar-refractivity contribution in [3.05, 3.63) is 12.2 Å². The molecule has 58 valence electrons. The predicted molar refractivity (Wildman–Crippen MR) is 38.7 cm³/mol. The van der Waals surface area contributed by atoms with Gasteiger partial charge in [0.1, 0.15) is 6.10 Å². The van der Waals surface area contributed by atoms with Gasteiger partial charge in [-0.3, -0.25) is 4.79 Å². The predicted octanol–water partition coefficient (Wildman–Crippen LogP) is 0.368. The molecule has 2 saturated carbocycles. The smallest absolute Gasteiger partial charge is 0.165 e. The largest absolute Gasteiger partial charge is 0.385 e. The highest BCUT2D eigenvalue weighted by Crippen LogP contribution is 2.55. The lowest BCUT2D eigenvalue weighted by Crippen LogP contribution is -2.53. The highest BCUT2D eigenvalue weighted by Gasteiger charge is 2.60. The fraction of sp³-hybridized carbons (Fsp3) is 0.667. The number of carbonyl (C=O) groups is 1. The van der Waals surface area contributed by atoms with E-state index in [-0.39, 0.29) is 17.6 Å². The standard InChI is InChI=1S/C9H10O2/c10-8-6-4-1-2-5(3-4)7(6)9(8)11/h1-2,4-8,10H,3H2/t4-,5-,6-,7-,8+/m1/s1. The minimum atomic E-state index is -0.625. The summed E-state index contributed by atoms with van der Waals surface area (Å²) in [5.41, 5.74) is 0. The number of rotatable bonds is 0. The van der Waals surface area contributed by atoms with Gasteiger partial charge in [0.2, 0.25) is 0 Å². The molecule has 3 rings (SSSR count). The van der Waals surface area contributed by atoms with Gasteiger partial charge in [-0.2, -0.15) is 0 Å². The topological polar surface area (TPSA) is 37.3 Å². The minimum Gasteiger partial charge on any atom is -0.385 e. The SMILES string of the molecule is O=C1[C@H]2[C@@H]([C@@H]3C=C[C@@H]2C3)[C@@H]1O. The van der Waals surface area contributed by atoms with E-state index in [0.717, 1.165) is 6.42 Å². The van der Waals surface area contributed by atoms with Crippen LogP contribution in [0, 0.1) is 23.7 Å². The van der Waals surface area contributed by atoms with Crippen LogP contribution >= 0.6 is 0 Å². The number of carbonyl (C=O) groups excluding carboxylic acids is 1. The maximum atomic E-state index is 11.1. The molecule has 11 heavy (non-hydrogen) atoms. The van der Waals surface area contributed by atoms with Gasteiger partial charge >= 0.3 is 0 Å². The van der Waals surface area contributed by atoms with E-state index in [0.29, 0.717) is 11.8 Å². The summed E-state index contributed by atoms with van der Waals surface area (Å²) in [5, 5.41) is 9.33. The Hall–Kier alpha value is -0.630. The van der Waals surface area contributed by atoms with Crippen LogP contribution in [0.1, 0.15) is 6.42 Å². The van der Waals surface area contributed by atoms with Crippen molar-refractivity contribution in [1.82, 2.24) is 0 Å². The molecule has 1 N–H and O–H groups in total. The summed E-state index contributed by atoms with van der Waals surface area (Å²) in [7, 11) is 0. The average Bonchev–Trinajstić information content (AvgIpc) is 2.58. The normalized spacial score (nSPS) is 57.9. The zero-order chi connectivity index (χ0) is 7.59. The van der Waals surface area contributed by atoms with Crippen molar-refractivity contribution in [2.24, 2.45) is 23.7 Å². The Morgan fingerprint density at radius 1 is 1.36 bits per heavy atom. The van der Waals surface area contributed by atoms with Crippen LogP contribution in [-0.2, 0) is 4.79 Å². The van der Waals surface area contributed by atoms with Gasteiger partial charge in [0, 0.05) is 11.8 Å². The number of Topliss-reactive ketones (excluding diaryl/α,β-unsaturated/α-hetero) is 1. The van der Waals surface area contributed by atoms with Crippen molar-refractivity contribution < 1.29 is 9.90 Å². The van der Waals surface area contributed by atoms with Crippen LogP contribution in [0.4, 0.5) is 0 Å². The van der Waals surface area contributed by atoms with Crippen molar-refractivity contribution in [2.45, 2.75) is 12.5 Å². The zero-order valence-electron chi connectivity index (χ0n) is 6.10. The Labute approximate surface area is 64.9 Å². The summed E-state index contributed by atoms with van der Waals surface area (Å²) < 4.78 is 0. The molecule has 0 aromatic heterocycles. The van der Waals surface area contributed by atoms with Crippen LogP contribution < -0.4 is 0 Å². The molecule has 2 heteroatoms. The summed E-state index contributed by atoms with van der Waals surface area (Å²) in [4.78, 5) is 11.1. The zero-order valence-corrected chi connectivity index (χ0v) is 6.10. The molecule has 0 aromatic rings. The number of allylic oxidation sites excluding steroid dienone is 2. The molecule has 2 nitrogen and oxygen atoms in total. The molecule has 0 amide bonds. The minimum absolute atomic E-state index is 0.0897. The maximum Gasteiger partial charge on any atom is 0.165 e. The molecular weight excluding hydrogens is 140 g/mol. The number of hydrogen-bond acceptors (Lipinski definition) is 2. The van der Waals surface area contributed by atoms with Crippen molar-refractivity contribution in [2.75, 3.05) is 0 Å². The van der Waals surface area contributed by atoms with Crippen molar-refractivity contribution in [3.8, 4) is 0 Å².